The number of benzene rings is 2. The SMILES string of the molecule is Cc1cc(OC[C@@H]2c3ccsc3CCN2C(=O)CN(C(=O)c2ccccc2F)C2CC2)ccc1Cl. The van der Waals surface area contributed by atoms with Gasteiger partial charge >= 0.3 is 0 Å². The van der Waals surface area contributed by atoms with Gasteiger partial charge in [-0.05, 0) is 79.1 Å². The summed E-state index contributed by atoms with van der Waals surface area (Å²) in [6.45, 7) is 2.68. The number of aryl methyl sites for hydroxylation is 1. The van der Waals surface area contributed by atoms with Crippen molar-refractivity contribution in [3.8, 4) is 5.75 Å². The summed E-state index contributed by atoms with van der Waals surface area (Å²) in [6, 6.07) is 13.2. The van der Waals surface area contributed by atoms with Crippen LogP contribution in [0.25, 0.3) is 0 Å². The lowest BCUT2D eigenvalue weighted by atomic mass is 10.00. The van der Waals surface area contributed by atoms with Crippen molar-refractivity contribution in [1.82, 2.24) is 9.80 Å². The third-order valence-electron chi connectivity index (χ3n) is 6.61. The minimum atomic E-state index is -0.568. The number of halogens is 2. The molecule has 1 saturated carbocycles. The zero-order chi connectivity index (χ0) is 24.5. The Bertz CT molecular complexity index is 1260. The molecule has 1 aliphatic heterocycles. The number of carbonyl (C=O) groups is 2. The Morgan fingerprint density at radius 2 is 2.00 bits per heavy atom. The van der Waals surface area contributed by atoms with Crippen LogP contribution < -0.4 is 4.74 Å². The molecule has 182 valence electrons. The van der Waals surface area contributed by atoms with Crippen molar-refractivity contribution in [2.45, 2.75) is 38.3 Å². The number of carbonyl (C=O) groups excluding carboxylic acids is 2. The lowest BCUT2D eigenvalue weighted by Gasteiger charge is -2.37. The number of amides is 2. The van der Waals surface area contributed by atoms with E-state index < -0.39 is 11.7 Å². The van der Waals surface area contributed by atoms with E-state index in [2.05, 4.69) is 0 Å². The van der Waals surface area contributed by atoms with Crippen molar-refractivity contribution >= 4 is 34.8 Å². The highest BCUT2D eigenvalue weighted by Gasteiger charge is 2.38. The first-order chi connectivity index (χ1) is 16.9. The number of fused-ring (bicyclic) bond motifs is 1. The number of hydrogen-bond acceptors (Lipinski definition) is 4. The molecule has 0 radical (unpaired) electrons. The normalized spacial score (nSPS) is 17.1. The van der Waals surface area contributed by atoms with Crippen molar-refractivity contribution in [2.75, 3.05) is 19.7 Å². The minimum absolute atomic E-state index is 0.00366. The average Bonchev–Trinajstić information content (AvgIpc) is 3.58. The number of ether oxygens (including phenoxy) is 1. The zero-order valence-electron chi connectivity index (χ0n) is 19.4. The molecule has 2 heterocycles. The lowest BCUT2D eigenvalue weighted by Crippen LogP contribution is -2.48. The van der Waals surface area contributed by atoms with Crippen molar-refractivity contribution in [3.63, 3.8) is 0 Å². The average molecular weight is 513 g/mol. The Balaban J connectivity index is 1.35. The zero-order valence-corrected chi connectivity index (χ0v) is 20.9. The van der Waals surface area contributed by atoms with Crippen LogP contribution in [0.15, 0.2) is 53.9 Å². The predicted molar refractivity (Wildman–Crippen MR) is 135 cm³/mol. The van der Waals surface area contributed by atoms with E-state index in [0.29, 0.717) is 23.9 Å². The first-order valence-electron chi connectivity index (χ1n) is 11.7. The van der Waals surface area contributed by atoms with Crippen LogP contribution in [0.1, 0.15) is 45.2 Å². The Hall–Kier alpha value is -2.90. The van der Waals surface area contributed by atoms with Crippen LogP contribution in [0.4, 0.5) is 4.39 Å². The molecule has 0 unspecified atom stereocenters. The van der Waals surface area contributed by atoms with Gasteiger partial charge in [-0.1, -0.05) is 23.7 Å². The van der Waals surface area contributed by atoms with Crippen molar-refractivity contribution in [2.24, 2.45) is 0 Å². The van der Waals surface area contributed by atoms with E-state index >= 15 is 0 Å². The van der Waals surface area contributed by atoms with Crippen LogP contribution in [-0.2, 0) is 11.2 Å². The van der Waals surface area contributed by atoms with Crippen LogP contribution in [0.3, 0.4) is 0 Å². The molecule has 1 fully saturated rings. The van der Waals surface area contributed by atoms with Gasteiger partial charge in [0.1, 0.15) is 24.7 Å². The lowest BCUT2D eigenvalue weighted by molar-refractivity contribution is -0.135. The fourth-order valence-electron chi connectivity index (χ4n) is 4.54. The largest absolute Gasteiger partial charge is 0.491 e. The molecule has 5 nitrogen and oxygen atoms in total. The number of hydrogen-bond donors (Lipinski definition) is 0. The van der Waals surface area contributed by atoms with E-state index in [-0.39, 0.29) is 30.1 Å². The van der Waals surface area contributed by atoms with E-state index in [1.165, 1.54) is 21.9 Å². The van der Waals surface area contributed by atoms with Gasteiger partial charge in [0, 0.05) is 22.5 Å². The molecule has 0 saturated heterocycles. The van der Waals surface area contributed by atoms with Gasteiger partial charge in [-0.3, -0.25) is 9.59 Å². The summed E-state index contributed by atoms with van der Waals surface area (Å²) in [5.74, 6) is -0.465. The maximum Gasteiger partial charge on any atom is 0.257 e. The Morgan fingerprint density at radius 1 is 1.20 bits per heavy atom. The molecule has 2 aliphatic rings. The third kappa shape index (κ3) is 5.07. The molecule has 2 amide bonds. The van der Waals surface area contributed by atoms with Crippen LogP contribution in [-0.4, -0.2) is 47.4 Å². The maximum absolute atomic E-state index is 14.3. The molecule has 1 atom stereocenters. The van der Waals surface area contributed by atoms with Gasteiger partial charge in [0.15, 0.2) is 0 Å². The molecule has 8 heteroatoms. The van der Waals surface area contributed by atoms with Crippen molar-refractivity contribution in [1.29, 1.82) is 0 Å². The van der Waals surface area contributed by atoms with Gasteiger partial charge in [-0.15, -0.1) is 11.3 Å². The predicted octanol–water partition coefficient (Wildman–Crippen LogP) is 5.66. The summed E-state index contributed by atoms with van der Waals surface area (Å²) >= 11 is 7.83. The smallest absolute Gasteiger partial charge is 0.257 e. The van der Waals surface area contributed by atoms with Gasteiger partial charge in [0.05, 0.1) is 11.6 Å². The highest BCUT2D eigenvalue weighted by atomic mass is 35.5. The molecule has 1 aromatic heterocycles. The van der Waals surface area contributed by atoms with Crippen LogP contribution in [0.5, 0.6) is 5.75 Å². The van der Waals surface area contributed by atoms with Gasteiger partial charge < -0.3 is 14.5 Å². The van der Waals surface area contributed by atoms with Crippen LogP contribution >= 0.6 is 22.9 Å². The van der Waals surface area contributed by atoms with Gasteiger partial charge in [-0.2, -0.15) is 0 Å². The topological polar surface area (TPSA) is 49.9 Å². The number of rotatable bonds is 7. The highest BCUT2D eigenvalue weighted by Crippen LogP contribution is 2.35. The van der Waals surface area contributed by atoms with Crippen LogP contribution in [0, 0.1) is 12.7 Å². The fraction of sp³-hybridized carbons (Fsp3) is 0.333. The number of thiophene rings is 1. The molecule has 2 aromatic carbocycles. The van der Waals surface area contributed by atoms with Crippen LogP contribution in [0.2, 0.25) is 5.02 Å². The molecule has 3 aromatic rings. The quantitative estimate of drug-likeness (QED) is 0.410. The van der Waals surface area contributed by atoms with E-state index in [1.807, 2.05) is 35.4 Å². The summed E-state index contributed by atoms with van der Waals surface area (Å²) in [7, 11) is 0. The van der Waals surface area contributed by atoms with E-state index in [0.717, 1.165) is 30.4 Å². The van der Waals surface area contributed by atoms with E-state index in [4.69, 9.17) is 16.3 Å². The first-order valence-corrected chi connectivity index (χ1v) is 13.0. The summed E-state index contributed by atoms with van der Waals surface area (Å²) in [5.41, 5.74) is 2.01. The summed E-state index contributed by atoms with van der Waals surface area (Å²) in [4.78, 5) is 31.3. The van der Waals surface area contributed by atoms with E-state index in [9.17, 15) is 14.0 Å². The second-order valence-electron chi connectivity index (χ2n) is 9.02. The maximum atomic E-state index is 14.3. The van der Waals surface area contributed by atoms with Gasteiger partial charge in [0.2, 0.25) is 5.91 Å². The monoisotopic (exact) mass is 512 g/mol. The summed E-state index contributed by atoms with van der Waals surface area (Å²) in [6.07, 6.45) is 2.41. The molecular formula is C27H26ClFN2O3S. The van der Waals surface area contributed by atoms with Crippen molar-refractivity contribution in [3.05, 3.63) is 86.3 Å². The minimum Gasteiger partial charge on any atom is -0.491 e. The molecule has 1 aliphatic carbocycles. The second-order valence-corrected chi connectivity index (χ2v) is 10.4. The molecule has 5 rings (SSSR count). The van der Waals surface area contributed by atoms with Crippen molar-refractivity contribution < 1.29 is 18.7 Å². The summed E-state index contributed by atoms with van der Waals surface area (Å²) in [5, 5.41) is 2.71. The number of nitrogens with zero attached hydrogens (tertiary/aromatic N) is 2. The molecule has 0 N–H and O–H groups in total. The first kappa shape index (κ1) is 23.8. The van der Waals surface area contributed by atoms with Gasteiger partial charge in [-0.25, -0.2) is 4.39 Å². The Labute approximate surface area is 213 Å². The highest BCUT2D eigenvalue weighted by molar-refractivity contribution is 7.10. The van der Waals surface area contributed by atoms with Gasteiger partial charge in [0.25, 0.3) is 5.91 Å². The molecule has 0 bridgehead atoms. The third-order valence-corrected chi connectivity index (χ3v) is 8.03. The molecule has 35 heavy (non-hydrogen) atoms. The second kappa shape index (κ2) is 9.99. The van der Waals surface area contributed by atoms with E-state index in [1.54, 1.807) is 29.5 Å². The summed E-state index contributed by atoms with van der Waals surface area (Å²) < 4.78 is 20.4. The standard InChI is InChI=1S/C27H26ClFN2O3S/c1-17-14-19(8-9-22(17)28)34-16-24-21-11-13-35-25(21)10-12-30(24)26(32)15-31(18-6-7-18)27(33)20-4-2-3-5-23(20)29/h2-5,8-9,11,13-14,18,24H,6-7,10,12,15-16H2,1H3/t24-/m1/s1. The fourth-order valence-corrected chi connectivity index (χ4v) is 5.58. The Morgan fingerprint density at radius 3 is 2.74 bits per heavy atom. The molecular weight excluding hydrogens is 487 g/mol. The molecule has 0 spiro atoms. The Kier molecular flexibility index (Phi) is 6.80.